The van der Waals surface area contributed by atoms with Gasteiger partial charge >= 0.3 is 11.9 Å². The van der Waals surface area contributed by atoms with E-state index in [4.69, 9.17) is 9.47 Å². The highest BCUT2D eigenvalue weighted by Gasteiger charge is 2.17. The fourth-order valence-corrected chi connectivity index (χ4v) is 1.88. The van der Waals surface area contributed by atoms with Crippen molar-refractivity contribution in [2.75, 3.05) is 13.2 Å². The quantitative estimate of drug-likeness (QED) is 0.278. The molecular weight excluding hydrogens is 284 g/mol. The number of rotatable bonds is 14. The molecule has 0 radical (unpaired) electrons. The zero-order valence-corrected chi connectivity index (χ0v) is 14.0. The SMILES string of the molecule is CCCCCCOC(=O)CCC(=O)C(=O)OCCCCCC. The van der Waals surface area contributed by atoms with Gasteiger partial charge in [-0.2, -0.15) is 0 Å². The highest BCUT2D eigenvalue weighted by Crippen LogP contribution is 2.03. The first kappa shape index (κ1) is 20.6. The smallest absolute Gasteiger partial charge is 0.374 e. The zero-order chi connectivity index (χ0) is 16.6. The second-order valence-electron chi connectivity index (χ2n) is 5.40. The summed E-state index contributed by atoms with van der Waals surface area (Å²) in [6.45, 7) is 4.86. The third kappa shape index (κ3) is 12.4. The summed E-state index contributed by atoms with van der Waals surface area (Å²) in [6.07, 6.45) is 7.89. The summed E-state index contributed by atoms with van der Waals surface area (Å²) in [4.78, 5) is 34.3. The molecule has 0 aromatic rings. The highest BCUT2D eigenvalue weighted by atomic mass is 16.5. The number of carbonyl (C=O) groups excluding carboxylic acids is 3. The van der Waals surface area contributed by atoms with Gasteiger partial charge in [-0.15, -0.1) is 0 Å². The number of ether oxygens (including phenoxy) is 2. The van der Waals surface area contributed by atoms with Gasteiger partial charge in [-0.25, -0.2) is 4.79 Å². The zero-order valence-electron chi connectivity index (χ0n) is 14.0. The molecule has 5 nitrogen and oxygen atoms in total. The Morgan fingerprint density at radius 3 is 1.77 bits per heavy atom. The van der Waals surface area contributed by atoms with Gasteiger partial charge in [-0.05, 0) is 12.8 Å². The standard InChI is InChI=1S/C17H30O5/c1-3-5-7-9-13-21-16(19)12-11-15(18)17(20)22-14-10-8-6-4-2/h3-14H2,1-2H3. The molecule has 0 atom stereocenters. The van der Waals surface area contributed by atoms with Crippen LogP contribution in [0.1, 0.15) is 78.1 Å². The molecule has 0 aliphatic carbocycles. The number of carbonyl (C=O) groups is 3. The van der Waals surface area contributed by atoms with Crippen molar-refractivity contribution in [2.24, 2.45) is 0 Å². The topological polar surface area (TPSA) is 69.7 Å². The first-order valence-corrected chi connectivity index (χ1v) is 8.47. The van der Waals surface area contributed by atoms with E-state index >= 15 is 0 Å². The summed E-state index contributed by atoms with van der Waals surface area (Å²) in [6, 6.07) is 0. The average Bonchev–Trinajstić information content (AvgIpc) is 2.52. The number of ketones is 1. The molecule has 0 aliphatic heterocycles. The van der Waals surface area contributed by atoms with Gasteiger partial charge in [0, 0.05) is 6.42 Å². The minimum Gasteiger partial charge on any atom is -0.466 e. The van der Waals surface area contributed by atoms with Crippen LogP contribution >= 0.6 is 0 Å². The van der Waals surface area contributed by atoms with Crippen LogP contribution in [-0.2, 0) is 23.9 Å². The van der Waals surface area contributed by atoms with Gasteiger partial charge in [-0.3, -0.25) is 9.59 Å². The number of hydrogen-bond acceptors (Lipinski definition) is 5. The van der Waals surface area contributed by atoms with E-state index in [9.17, 15) is 14.4 Å². The molecule has 0 spiro atoms. The Labute approximate surface area is 133 Å². The molecule has 0 N–H and O–H groups in total. The van der Waals surface area contributed by atoms with E-state index in [0.717, 1.165) is 51.4 Å². The maximum atomic E-state index is 11.5. The lowest BCUT2D eigenvalue weighted by Gasteiger charge is -2.05. The Kier molecular flexibility index (Phi) is 13.6. The van der Waals surface area contributed by atoms with Crippen LogP contribution in [-0.4, -0.2) is 30.9 Å². The van der Waals surface area contributed by atoms with Crippen LogP contribution in [0.2, 0.25) is 0 Å². The molecule has 0 amide bonds. The number of Topliss-reactive ketones (excluding diaryl/α,β-unsaturated/α-hetero) is 1. The summed E-state index contributed by atoms with van der Waals surface area (Å²) in [5.74, 6) is -1.92. The van der Waals surface area contributed by atoms with Crippen molar-refractivity contribution in [3.8, 4) is 0 Å². The number of unbranched alkanes of at least 4 members (excludes halogenated alkanes) is 6. The first-order valence-electron chi connectivity index (χ1n) is 8.47. The van der Waals surface area contributed by atoms with Crippen LogP contribution < -0.4 is 0 Å². The van der Waals surface area contributed by atoms with Crippen molar-refractivity contribution in [3.05, 3.63) is 0 Å². The van der Waals surface area contributed by atoms with Crippen LogP contribution in [0, 0.1) is 0 Å². The Hall–Kier alpha value is -1.39. The van der Waals surface area contributed by atoms with Crippen LogP contribution in [0.15, 0.2) is 0 Å². The van der Waals surface area contributed by atoms with E-state index in [1.54, 1.807) is 0 Å². The lowest BCUT2D eigenvalue weighted by Crippen LogP contribution is -2.19. The minimum absolute atomic E-state index is 0.0580. The van der Waals surface area contributed by atoms with Crippen molar-refractivity contribution in [1.82, 2.24) is 0 Å². The molecule has 0 bridgehead atoms. The molecule has 0 fully saturated rings. The summed E-state index contributed by atoms with van der Waals surface area (Å²) in [7, 11) is 0. The molecular formula is C17H30O5. The third-order valence-corrected chi connectivity index (χ3v) is 3.28. The minimum atomic E-state index is -0.841. The maximum Gasteiger partial charge on any atom is 0.374 e. The van der Waals surface area contributed by atoms with E-state index in [0.29, 0.717) is 6.61 Å². The molecule has 0 aliphatic rings. The lowest BCUT2D eigenvalue weighted by atomic mass is 10.2. The fourth-order valence-electron chi connectivity index (χ4n) is 1.88. The summed E-state index contributed by atoms with van der Waals surface area (Å²) < 4.78 is 9.87. The van der Waals surface area contributed by atoms with Crippen LogP contribution in [0.4, 0.5) is 0 Å². The largest absolute Gasteiger partial charge is 0.466 e. The summed E-state index contributed by atoms with van der Waals surface area (Å²) in [5, 5.41) is 0. The van der Waals surface area contributed by atoms with E-state index in [-0.39, 0.29) is 19.4 Å². The van der Waals surface area contributed by atoms with E-state index in [1.165, 1.54) is 0 Å². The van der Waals surface area contributed by atoms with Gasteiger partial charge in [0.25, 0.3) is 0 Å². The Morgan fingerprint density at radius 2 is 1.23 bits per heavy atom. The van der Waals surface area contributed by atoms with Gasteiger partial charge in [0.1, 0.15) is 0 Å². The molecule has 0 unspecified atom stereocenters. The molecule has 0 aromatic carbocycles. The van der Waals surface area contributed by atoms with Crippen LogP contribution in [0.25, 0.3) is 0 Å². The molecule has 0 saturated heterocycles. The fraction of sp³-hybridized carbons (Fsp3) is 0.824. The number of hydrogen-bond donors (Lipinski definition) is 0. The Morgan fingerprint density at radius 1 is 0.682 bits per heavy atom. The van der Waals surface area contributed by atoms with Crippen LogP contribution in [0.5, 0.6) is 0 Å². The first-order chi connectivity index (χ1) is 10.6. The van der Waals surface area contributed by atoms with E-state index in [1.807, 2.05) is 0 Å². The molecule has 0 saturated carbocycles. The van der Waals surface area contributed by atoms with Crippen molar-refractivity contribution in [3.63, 3.8) is 0 Å². The van der Waals surface area contributed by atoms with Gasteiger partial charge in [0.15, 0.2) is 0 Å². The highest BCUT2D eigenvalue weighted by molar-refractivity contribution is 6.33. The van der Waals surface area contributed by atoms with Gasteiger partial charge in [0.05, 0.1) is 19.6 Å². The normalized spacial score (nSPS) is 10.3. The van der Waals surface area contributed by atoms with E-state index < -0.39 is 17.7 Å². The molecule has 128 valence electrons. The second-order valence-corrected chi connectivity index (χ2v) is 5.40. The predicted octanol–water partition coefficient (Wildman–Crippen LogP) is 3.58. The maximum absolute atomic E-state index is 11.5. The Balaban J connectivity index is 3.60. The van der Waals surface area contributed by atoms with Gasteiger partial charge in [0.2, 0.25) is 5.78 Å². The molecule has 0 heterocycles. The van der Waals surface area contributed by atoms with Gasteiger partial charge in [-0.1, -0.05) is 52.4 Å². The molecule has 0 rings (SSSR count). The summed E-state index contributed by atoms with van der Waals surface area (Å²) in [5.41, 5.74) is 0. The molecule has 0 aromatic heterocycles. The summed E-state index contributed by atoms with van der Waals surface area (Å²) >= 11 is 0. The monoisotopic (exact) mass is 314 g/mol. The second kappa shape index (κ2) is 14.5. The van der Waals surface area contributed by atoms with E-state index in [2.05, 4.69) is 13.8 Å². The average molecular weight is 314 g/mol. The van der Waals surface area contributed by atoms with Gasteiger partial charge < -0.3 is 9.47 Å². The van der Waals surface area contributed by atoms with Crippen LogP contribution in [0.3, 0.4) is 0 Å². The Bertz CT molecular complexity index is 325. The van der Waals surface area contributed by atoms with Crippen molar-refractivity contribution in [2.45, 2.75) is 78.1 Å². The molecule has 5 heteroatoms. The van der Waals surface area contributed by atoms with Crippen molar-refractivity contribution < 1.29 is 23.9 Å². The third-order valence-electron chi connectivity index (χ3n) is 3.28. The molecule has 22 heavy (non-hydrogen) atoms. The van der Waals surface area contributed by atoms with Crippen molar-refractivity contribution >= 4 is 17.7 Å². The van der Waals surface area contributed by atoms with Crippen molar-refractivity contribution in [1.29, 1.82) is 0 Å². The lowest BCUT2D eigenvalue weighted by molar-refractivity contribution is -0.155. The number of esters is 2. The predicted molar refractivity (Wildman–Crippen MR) is 84.4 cm³/mol.